The quantitative estimate of drug-likeness (QED) is 0.773. The molecule has 1 aromatic rings. The van der Waals surface area contributed by atoms with Gasteiger partial charge in [-0.1, -0.05) is 0 Å². The largest absolute Gasteiger partial charge is 0.370 e. The van der Waals surface area contributed by atoms with Crippen molar-refractivity contribution in [1.82, 2.24) is 9.78 Å². The van der Waals surface area contributed by atoms with Crippen molar-refractivity contribution in [2.45, 2.75) is 32.2 Å². The van der Waals surface area contributed by atoms with Crippen molar-refractivity contribution in [3.63, 3.8) is 0 Å². The summed E-state index contributed by atoms with van der Waals surface area (Å²) >= 11 is 0. The number of nitrogens with two attached hydrogens (primary N) is 1. The molecule has 5 nitrogen and oxygen atoms in total. The molecule has 15 heavy (non-hydrogen) atoms. The van der Waals surface area contributed by atoms with E-state index >= 15 is 0 Å². The van der Waals surface area contributed by atoms with Gasteiger partial charge < -0.3 is 5.73 Å². The first-order chi connectivity index (χ1) is 7.18. The molecule has 1 heterocycles. The number of primary amides is 1. The Hall–Kier alpha value is -1.65. The van der Waals surface area contributed by atoms with Crippen LogP contribution < -0.4 is 5.73 Å². The third-order valence-corrected chi connectivity index (χ3v) is 2.64. The van der Waals surface area contributed by atoms with E-state index in [2.05, 4.69) is 5.10 Å². The zero-order valence-electron chi connectivity index (χ0n) is 8.40. The van der Waals surface area contributed by atoms with Crippen LogP contribution in [0.25, 0.3) is 0 Å². The van der Waals surface area contributed by atoms with E-state index in [1.165, 1.54) is 0 Å². The fraction of sp³-hybridized carbons (Fsp3) is 0.500. The van der Waals surface area contributed by atoms with E-state index in [1.54, 1.807) is 10.9 Å². The summed E-state index contributed by atoms with van der Waals surface area (Å²) in [5.74, 6) is -0.192. The van der Waals surface area contributed by atoms with Gasteiger partial charge in [0.15, 0.2) is 5.78 Å². The van der Waals surface area contributed by atoms with Gasteiger partial charge in [0.25, 0.3) is 0 Å². The SMILES string of the molecule is NC(=O)CCn1ncc2c1CCCC2=O. The lowest BCUT2D eigenvalue weighted by molar-refractivity contribution is -0.118. The number of carbonyl (C=O) groups is 2. The van der Waals surface area contributed by atoms with Crippen LogP contribution in [0.2, 0.25) is 0 Å². The molecule has 0 saturated heterocycles. The number of carbonyl (C=O) groups excluding carboxylic acids is 2. The first-order valence-electron chi connectivity index (χ1n) is 5.04. The van der Waals surface area contributed by atoms with Gasteiger partial charge in [0.2, 0.25) is 5.91 Å². The average molecular weight is 207 g/mol. The van der Waals surface area contributed by atoms with Gasteiger partial charge in [-0.25, -0.2) is 0 Å². The minimum Gasteiger partial charge on any atom is -0.370 e. The topological polar surface area (TPSA) is 78.0 Å². The van der Waals surface area contributed by atoms with Crippen molar-refractivity contribution in [1.29, 1.82) is 0 Å². The second kappa shape index (κ2) is 3.84. The lowest BCUT2D eigenvalue weighted by atomic mass is 9.97. The van der Waals surface area contributed by atoms with Crippen LogP contribution in [0.1, 0.15) is 35.3 Å². The molecule has 0 aromatic carbocycles. The zero-order chi connectivity index (χ0) is 10.8. The molecule has 80 valence electrons. The molecule has 2 N–H and O–H groups in total. The Morgan fingerprint density at radius 1 is 1.53 bits per heavy atom. The molecule has 0 fully saturated rings. The summed E-state index contributed by atoms with van der Waals surface area (Å²) in [6.45, 7) is 0.470. The number of aromatic nitrogens is 2. The Bertz CT molecular complexity index is 409. The van der Waals surface area contributed by atoms with E-state index in [0.717, 1.165) is 18.5 Å². The van der Waals surface area contributed by atoms with E-state index in [9.17, 15) is 9.59 Å². The van der Waals surface area contributed by atoms with Crippen LogP contribution in [0, 0.1) is 0 Å². The molecule has 0 saturated carbocycles. The van der Waals surface area contributed by atoms with Crippen LogP contribution in [0.5, 0.6) is 0 Å². The third kappa shape index (κ3) is 1.91. The first-order valence-corrected chi connectivity index (χ1v) is 5.04. The van der Waals surface area contributed by atoms with Crippen LogP contribution in [0.3, 0.4) is 0 Å². The number of ketones is 1. The van der Waals surface area contributed by atoms with Gasteiger partial charge in [-0.05, 0) is 12.8 Å². The molecule has 0 atom stereocenters. The highest BCUT2D eigenvalue weighted by Gasteiger charge is 2.21. The van der Waals surface area contributed by atoms with Crippen molar-refractivity contribution in [3.05, 3.63) is 17.5 Å². The second-order valence-corrected chi connectivity index (χ2v) is 3.72. The Morgan fingerprint density at radius 3 is 3.07 bits per heavy atom. The fourth-order valence-electron chi connectivity index (χ4n) is 1.87. The maximum Gasteiger partial charge on any atom is 0.219 e. The predicted octanol–water partition coefficient (Wildman–Crippen LogP) is 0.277. The van der Waals surface area contributed by atoms with Gasteiger partial charge in [-0.3, -0.25) is 14.3 Å². The molecule has 2 rings (SSSR count). The van der Waals surface area contributed by atoms with Crippen LogP contribution in [-0.4, -0.2) is 21.5 Å². The predicted molar refractivity (Wildman–Crippen MR) is 53.3 cm³/mol. The highest BCUT2D eigenvalue weighted by Crippen LogP contribution is 2.20. The summed E-state index contributed by atoms with van der Waals surface area (Å²) < 4.78 is 1.72. The number of hydrogen-bond donors (Lipinski definition) is 1. The molecule has 1 aromatic heterocycles. The van der Waals surface area contributed by atoms with Crippen LogP contribution in [-0.2, 0) is 17.8 Å². The number of aryl methyl sites for hydroxylation is 1. The minimum absolute atomic E-state index is 0.154. The average Bonchev–Trinajstić information content (AvgIpc) is 2.59. The number of fused-ring (bicyclic) bond motifs is 1. The number of hydrogen-bond acceptors (Lipinski definition) is 3. The Kier molecular flexibility index (Phi) is 2.53. The van der Waals surface area contributed by atoms with Gasteiger partial charge in [0.1, 0.15) is 0 Å². The molecule has 0 aliphatic heterocycles. The van der Waals surface area contributed by atoms with Gasteiger partial charge >= 0.3 is 0 Å². The molecular formula is C10H13N3O2. The summed E-state index contributed by atoms with van der Waals surface area (Å²) in [6.07, 6.45) is 4.20. The van der Waals surface area contributed by atoms with Crippen molar-refractivity contribution < 1.29 is 9.59 Å². The molecule has 0 unspecified atom stereocenters. The van der Waals surface area contributed by atoms with Crippen molar-refractivity contribution in [3.8, 4) is 0 Å². The highest BCUT2D eigenvalue weighted by atomic mass is 16.1. The normalized spacial score (nSPS) is 15.1. The molecule has 0 radical (unpaired) electrons. The van der Waals surface area contributed by atoms with Crippen molar-refractivity contribution >= 4 is 11.7 Å². The maximum atomic E-state index is 11.5. The lowest BCUT2D eigenvalue weighted by Gasteiger charge is -2.12. The minimum atomic E-state index is -0.346. The number of nitrogens with zero attached hydrogens (tertiary/aromatic N) is 2. The van der Waals surface area contributed by atoms with Crippen LogP contribution in [0.15, 0.2) is 6.20 Å². The summed E-state index contributed by atoms with van der Waals surface area (Å²) in [5.41, 5.74) is 6.73. The fourth-order valence-corrected chi connectivity index (χ4v) is 1.87. The molecule has 1 aliphatic carbocycles. The van der Waals surface area contributed by atoms with Gasteiger partial charge in [-0.2, -0.15) is 5.10 Å². The van der Waals surface area contributed by atoms with E-state index in [4.69, 9.17) is 5.73 Å². The second-order valence-electron chi connectivity index (χ2n) is 3.72. The summed E-state index contributed by atoms with van der Waals surface area (Å²) in [4.78, 5) is 22.1. The number of amides is 1. The van der Waals surface area contributed by atoms with E-state index in [-0.39, 0.29) is 18.1 Å². The zero-order valence-corrected chi connectivity index (χ0v) is 8.40. The van der Waals surface area contributed by atoms with Crippen LogP contribution >= 0.6 is 0 Å². The molecular weight excluding hydrogens is 194 g/mol. The Labute approximate surface area is 87.3 Å². The van der Waals surface area contributed by atoms with E-state index in [1.807, 2.05) is 0 Å². The summed E-state index contributed by atoms with van der Waals surface area (Å²) in [6, 6.07) is 0. The maximum absolute atomic E-state index is 11.5. The van der Waals surface area contributed by atoms with Crippen LogP contribution in [0.4, 0.5) is 0 Å². The standard InChI is InChI=1S/C10H13N3O2/c11-10(15)4-5-13-8-2-1-3-9(14)7(8)6-12-13/h6H,1-5H2,(H2,11,15). The van der Waals surface area contributed by atoms with Gasteiger partial charge in [0.05, 0.1) is 11.8 Å². The number of Topliss-reactive ketones (excluding diaryl/α,β-unsaturated/α-hetero) is 1. The smallest absolute Gasteiger partial charge is 0.219 e. The van der Waals surface area contributed by atoms with Crippen molar-refractivity contribution in [2.24, 2.45) is 5.73 Å². The summed E-state index contributed by atoms with van der Waals surface area (Å²) in [7, 11) is 0. The van der Waals surface area contributed by atoms with Gasteiger partial charge in [0, 0.05) is 25.1 Å². The Morgan fingerprint density at radius 2 is 2.33 bits per heavy atom. The van der Waals surface area contributed by atoms with E-state index in [0.29, 0.717) is 18.5 Å². The number of rotatable bonds is 3. The summed E-state index contributed by atoms with van der Waals surface area (Å²) in [5, 5.41) is 4.11. The lowest BCUT2D eigenvalue weighted by Crippen LogP contribution is -2.18. The molecule has 0 spiro atoms. The molecule has 1 aliphatic rings. The first kappa shape index (κ1) is 9.89. The molecule has 1 amide bonds. The highest BCUT2D eigenvalue weighted by molar-refractivity contribution is 5.97. The monoisotopic (exact) mass is 207 g/mol. The molecule has 5 heteroatoms. The third-order valence-electron chi connectivity index (χ3n) is 2.64. The van der Waals surface area contributed by atoms with E-state index < -0.39 is 0 Å². The van der Waals surface area contributed by atoms with Crippen molar-refractivity contribution in [2.75, 3.05) is 0 Å². The Balaban J connectivity index is 2.19. The molecule has 0 bridgehead atoms. The van der Waals surface area contributed by atoms with Gasteiger partial charge in [-0.15, -0.1) is 0 Å².